The van der Waals surface area contributed by atoms with Gasteiger partial charge in [0.15, 0.2) is 0 Å². The van der Waals surface area contributed by atoms with Crippen LogP contribution >= 0.6 is 0 Å². The topological polar surface area (TPSA) is 93.1 Å². The molecule has 2 N–H and O–H groups in total. The van der Waals surface area contributed by atoms with Gasteiger partial charge in [0, 0.05) is 13.0 Å². The molecule has 0 aliphatic rings. The molecule has 100 valence electrons. The Morgan fingerprint density at radius 2 is 1.71 bits per heavy atom. The van der Waals surface area contributed by atoms with Crippen molar-refractivity contribution < 1.29 is 29.3 Å². The lowest BCUT2D eigenvalue weighted by molar-refractivity contribution is -0.146. The van der Waals surface area contributed by atoms with Crippen LogP contribution < -0.4 is 0 Å². The standard InChI is InChI=1S/C11H20O6/c12-6-3-1-2-4-11(15)17-9-8-16-7-5-10(13)14/h12H,1-9H2,(H,13,14). The Bertz CT molecular complexity index is 216. The summed E-state index contributed by atoms with van der Waals surface area (Å²) in [4.78, 5) is 21.2. The average molecular weight is 248 g/mol. The van der Waals surface area contributed by atoms with Crippen LogP contribution in [0.5, 0.6) is 0 Å². The zero-order valence-electron chi connectivity index (χ0n) is 9.89. The molecular formula is C11H20O6. The fourth-order valence-corrected chi connectivity index (χ4v) is 1.11. The number of hydrogen-bond acceptors (Lipinski definition) is 5. The van der Waals surface area contributed by atoms with Gasteiger partial charge in [0.2, 0.25) is 0 Å². The second kappa shape index (κ2) is 11.3. The lowest BCUT2D eigenvalue weighted by atomic mass is 10.2. The molecule has 0 spiro atoms. The first-order valence-corrected chi connectivity index (χ1v) is 5.73. The van der Waals surface area contributed by atoms with Gasteiger partial charge in [0.05, 0.1) is 19.6 Å². The summed E-state index contributed by atoms with van der Waals surface area (Å²) in [6.45, 7) is 0.643. The fraction of sp³-hybridized carbons (Fsp3) is 0.818. The van der Waals surface area contributed by atoms with E-state index >= 15 is 0 Å². The number of rotatable bonds is 11. The zero-order valence-corrected chi connectivity index (χ0v) is 9.89. The van der Waals surface area contributed by atoms with Crippen molar-refractivity contribution in [2.24, 2.45) is 0 Å². The molecule has 0 unspecified atom stereocenters. The number of aliphatic hydroxyl groups excluding tert-OH is 1. The molecule has 0 saturated heterocycles. The van der Waals surface area contributed by atoms with Crippen molar-refractivity contribution in [1.82, 2.24) is 0 Å². The molecule has 0 aliphatic heterocycles. The third-order valence-corrected chi connectivity index (χ3v) is 1.99. The van der Waals surface area contributed by atoms with Gasteiger partial charge in [0.1, 0.15) is 6.61 Å². The molecule has 0 aliphatic carbocycles. The number of aliphatic carboxylic acids is 1. The smallest absolute Gasteiger partial charge is 0.305 e. The summed E-state index contributed by atoms with van der Waals surface area (Å²) in [5.74, 6) is -1.20. The zero-order chi connectivity index (χ0) is 12.9. The predicted molar refractivity (Wildman–Crippen MR) is 59.6 cm³/mol. The van der Waals surface area contributed by atoms with E-state index in [1.807, 2.05) is 0 Å². The van der Waals surface area contributed by atoms with Crippen LogP contribution in [-0.4, -0.2) is 48.6 Å². The van der Waals surface area contributed by atoms with Crippen LogP contribution in [0.1, 0.15) is 32.1 Å². The van der Waals surface area contributed by atoms with E-state index < -0.39 is 5.97 Å². The molecule has 6 heteroatoms. The van der Waals surface area contributed by atoms with Gasteiger partial charge in [-0.25, -0.2) is 0 Å². The Hall–Kier alpha value is -1.14. The molecule has 0 heterocycles. The van der Waals surface area contributed by atoms with E-state index in [2.05, 4.69) is 0 Å². The molecule has 0 atom stereocenters. The summed E-state index contributed by atoms with van der Waals surface area (Å²) in [5, 5.41) is 16.8. The third-order valence-electron chi connectivity index (χ3n) is 1.99. The van der Waals surface area contributed by atoms with E-state index in [4.69, 9.17) is 19.7 Å². The number of hydrogen-bond donors (Lipinski definition) is 2. The lowest BCUT2D eigenvalue weighted by Crippen LogP contribution is -2.12. The van der Waals surface area contributed by atoms with Crippen LogP contribution in [-0.2, 0) is 19.1 Å². The molecule has 0 aromatic heterocycles. The molecule has 0 saturated carbocycles. The number of carboxylic acids is 1. The fourth-order valence-electron chi connectivity index (χ4n) is 1.11. The Balaban J connectivity index is 3.19. The first kappa shape index (κ1) is 15.9. The maximum Gasteiger partial charge on any atom is 0.305 e. The van der Waals surface area contributed by atoms with Gasteiger partial charge in [-0.2, -0.15) is 0 Å². The van der Waals surface area contributed by atoms with Crippen LogP contribution in [0.2, 0.25) is 0 Å². The van der Waals surface area contributed by atoms with Crippen molar-refractivity contribution in [3.8, 4) is 0 Å². The number of carbonyl (C=O) groups excluding carboxylic acids is 1. The van der Waals surface area contributed by atoms with Crippen LogP contribution in [0.25, 0.3) is 0 Å². The van der Waals surface area contributed by atoms with Gasteiger partial charge in [-0.1, -0.05) is 6.42 Å². The van der Waals surface area contributed by atoms with Crippen molar-refractivity contribution >= 4 is 11.9 Å². The highest BCUT2D eigenvalue weighted by Crippen LogP contribution is 2.00. The summed E-state index contributed by atoms with van der Waals surface area (Å²) >= 11 is 0. The summed E-state index contributed by atoms with van der Waals surface area (Å²) < 4.78 is 9.80. The molecule has 0 amide bonds. The number of aliphatic hydroxyl groups is 1. The SMILES string of the molecule is O=C(O)CCOCCOC(=O)CCCCCO. The number of carbonyl (C=O) groups is 2. The van der Waals surface area contributed by atoms with Crippen molar-refractivity contribution in [3.05, 3.63) is 0 Å². The molecular weight excluding hydrogens is 228 g/mol. The minimum absolute atomic E-state index is 0.0465. The largest absolute Gasteiger partial charge is 0.481 e. The molecule has 0 fully saturated rings. The van der Waals surface area contributed by atoms with E-state index in [9.17, 15) is 9.59 Å². The molecule has 0 bridgehead atoms. The van der Waals surface area contributed by atoms with E-state index in [1.165, 1.54) is 0 Å². The van der Waals surface area contributed by atoms with Gasteiger partial charge >= 0.3 is 11.9 Å². The first-order chi connectivity index (χ1) is 8.16. The maximum atomic E-state index is 11.1. The number of ether oxygens (including phenoxy) is 2. The first-order valence-electron chi connectivity index (χ1n) is 5.73. The quantitative estimate of drug-likeness (QED) is 0.410. The number of unbranched alkanes of at least 4 members (excludes halogenated alkanes) is 2. The summed E-state index contributed by atoms with van der Waals surface area (Å²) in [5.41, 5.74) is 0. The normalized spacial score (nSPS) is 10.2. The van der Waals surface area contributed by atoms with E-state index in [1.54, 1.807) is 0 Å². The van der Waals surface area contributed by atoms with Crippen molar-refractivity contribution in [2.75, 3.05) is 26.4 Å². The number of esters is 1. The van der Waals surface area contributed by atoms with Crippen LogP contribution in [0.15, 0.2) is 0 Å². The van der Waals surface area contributed by atoms with Gasteiger partial charge in [-0.15, -0.1) is 0 Å². The van der Waals surface area contributed by atoms with E-state index in [0.717, 1.165) is 6.42 Å². The molecule has 0 radical (unpaired) electrons. The van der Waals surface area contributed by atoms with E-state index in [0.29, 0.717) is 19.3 Å². The maximum absolute atomic E-state index is 11.1. The highest BCUT2D eigenvalue weighted by atomic mass is 16.6. The second-order valence-corrected chi connectivity index (χ2v) is 3.51. The minimum atomic E-state index is -0.911. The van der Waals surface area contributed by atoms with Crippen molar-refractivity contribution in [2.45, 2.75) is 32.1 Å². The third kappa shape index (κ3) is 12.8. The lowest BCUT2D eigenvalue weighted by Gasteiger charge is -2.05. The summed E-state index contributed by atoms with van der Waals surface area (Å²) in [6, 6.07) is 0. The van der Waals surface area contributed by atoms with Crippen LogP contribution in [0.4, 0.5) is 0 Å². The Kier molecular flexibility index (Phi) is 10.6. The van der Waals surface area contributed by atoms with Gasteiger partial charge in [-0.05, 0) is 12.8 Å². The molecule has 17 heavy (non-hydrogen) atoms. The highest BCUT2D eigenvalue weighted by Gasteiger charge is 2.02. The second-order valence-electron chi connectivity index (χ2n) is 3.51. The van der Waals surface area contributed by atoms with Crippen LogP contribution in [0, 0.1) is 0 Å². The van der Waals surface area contributed by atoms with Crippen molar-refractivity contribution in [3.63, 3.8) is 0 Å². The average Bonchev–Trinajstić information content (AvgIpc) is 2.29. The van der Waals surface area contributed by atoms with E-state index in [-0.39, 0.29) is 38.8 Å². The molecule has 6 nitrogen and oxygen atoms in total. The molecule has 0 aromatic rings. The monoisotopic (exact) mass is 248 g/mol. The summed E-state index contributed by atoms with van der Waals surface area (Å²) in [7, 11) is 0. The Morgan fingerprint density at radius 3 is 2.35 bits per heavy atom. The molecule has 0 rings (SSSR count). The Morgan fingerprint density at radius 1 is 0.941 bits per heavy atom. The number of carboxylic acid groups (broad SMARTS) is 1. The summed E-state index contributed by atoms with van der Waals surface area (Å²) in [6.07, 6.45) is 2.51. The molecule has 0 aromatic carbocycles. The Labute approximate surface area is 101 Å². The van der Waals surface area contributed by atoms with Crippen LogP contribution in [0.3, 0.4) is 0 Å². The highest BCUT2D eigenvalue weighted by molar-refractivity contribution is 5.69. The van der Waals surface area contributed by atoms with Gasteiger partial charge in [0.25, 0.3) is 0 Å². The van der Waals surface area contributed by atoms with Gasteiger partial charge < -0.3 is 19.7 Å². The van der Waals surface area contributed by atoms with Crippen molar-refractivity contribution in [1.29, 1.82) is 0 Å². The minimum Gasteiger partial charge on any atom is -0.481 e. The van der Waals surface area contributed by atoms with Gasteiger partial charge in [-0.3, -0.25) is 9.59 Å². The predicted octanol–water partition coefficient (Wildman–Crippen LogP) is 0.574.